The van der Waals surface area contributed by atoms with E-state index in [-0.39, 0.29) is 30.4 Å². The number of ether oxygens (including phenoxy) is 1. The summed E-state index contributed by atoms with van der Waals surface area (Å²) < 4.78 is 5.48. The van der Waals surface area contributed by atoms with Gasteiger partial charge < -0.3 is 20.1 Å². The van der Waals surface area contributed by atoms with Crippen molar-refractivity contribution in [2.75, 3.05) is 18.1 Å². The highest BCUT2D eigenvalue weighted by Gasteiger charge is 2.35. The van der Waals surface area contributed by atoms with Crippen LogP contribution in [0.4, 0.5) is 5.69 Å². The van der Waals surface area contributed by atoms with Gasteiger partial charge in [0, 0.05) is 30.8 Å². The predicted molar refractivity (Wildman–Crippen MR) is 85.8 cm³/mol. The molecule has 0 atom stereocenters. The topological polar surface area (TPSA) is 95.9 Å². The van der Waals surface area contributed by atoms with Gasteiger partial charge in [0.05, 0.1) is 5.92 Å². The number of nitrogens with one attached hydrogen (secondary N) is 1. The molecule has 1 heterocycles. The Kier molecular flexibility index (Phi) is 4.69. The van der Waals surface area contributed by atoms with Crippen molar-refractivity contribution >= 4 is 23.5 Å². The number of benzene rings is 1. The van der Waals surface area contributed by atoms with Crippen molar-refractivity contribution in [2.45, 2.75) is 31.7 Å². The molecule has 7 nitrogen and oxygen atoms in total. The number of amides is 2. The van der Waals surface area contributed by atoms with Crippen molar-refractivity contribution < 1.29 is 24.2 Å². The lowest BCUT2D eigenvalue weighted by atomic mass is 9.80. The summed E-state index contributed by atoms with van der Waals surface area (Å²) in [6, 6.07) is 7.03. The molecule has 24 heavy (non-hydrogen) atoms. The SMILES string of the molecule is O=C(COc1cccc(N2CCCC2=O)c1)NC1CC(C(=O)O)C1. The molecule has 0 unspecified atom stereocenters. The summed E-state index contributed by atoms with van der Waals surface area (Å²) in [7, 11) is 0. The van der Waals surface area contributed by atoms with Crippen LogP contribution in [0.2, 0.25) is 0 Å². The molecule has 1 aliphatic heterocycles. The van der Waals surface area contributed by atoms with Crippen molar-refractivity contribution in [3.63, 3.8) is 0 Å². The Balaban J connectivity index is 1.47. The zero-order valence-corrected chi connectivity index (χ0v) is 13.2. The number of rotatable bonds is 6. The second-order valence-corrected chi connectivity index (χ2v) is 6.21. The summed E-state index contributed by atoms with van der Waals surface area (Å²) in [5, 5.41) is 11.6. The van der Waals surface area contributed by atoms with Gasteiger partial charge in [-0.15, -0.1) is 0 Å². The Labute approximate surface area is 139 Å². The van der Waals surface area contributed by atoms with E-state index in [1.807, 2.05) is 6.07 Å². The molecular weight excluding hydrogens is 312 g/mol. The third-order valence-electron chi connectivity index (χ3n) is 4.43. The van der Waals surface area contributed by atoms with Crippen molar-refractivity contribution in [2.24, 2.45) is 5.92 Å². The smallest absolute Gasteiger partial charge is 0.306 e. The molecule has 0 radical (unpaired) electrons. The number of hydrogen-bond acceptors (Lipinski definition) is 4. The minimum atomic E-state index is -0.815. The average molecular weight is 332 g/mol. The Morgan fingerprint density at radius 2 is 2.12 bits per heavy atom. The molecule has 3 rings (SSSR count). The normalized spacial score (nSPS) is 22.8. The van der Waals surface area contributed by atoms with E-state index < -0.39 is 5.97 Å². The highest BCUT2D eigenvalue weighted by Crippen LogP contribution is 2.27. The summed E-state index contributed by atoms with van der Waals surface area (Å²) >= 11 is 0. The van der Waals surface area contributed by atoms with E-state index in [0.717, 1.165) is 12.1 Å². The summed E-state index contributed by atoms with van der Waals surface area (Å²) in [4.78, 5) is 36.0. The van der Waals surface area contributed by atoms with Crippen LogP contribution in [-0.2, 0) is 14.4 Å². The van der Waals surface area contributed by atoms with Crippen LogP contribution >= 0.6 is 0 Å². The summed E-state index contributed by atoms with van der Waals surface area (Å²) in [5.74, 6) is -0.815. The number of carboxylic acids is 1. The first-order valence-corrected chi connectivity index (χ1v) is 8.08. The number of hydrogen-bond donors (Lipinski definition) is 2. The molecule has 1 aromatic rings. The highest BCUT2D eigenvalue weighted by atomic mass is 16.5. The fraction of sp³-hybridized carbons (Fsp3) is 0.471. The third kappa shape index (κ3) is 3.67. The highest BCUT2D eigenvalue weighted by molar-refractivity contribution is 5.95. The number of carbonyl (C=O) groups excluding carboxylic acids is 2. The lowest BCUT2D eigenvalue weighted by Crippen LogP contribution is -2.48. The van der Waals surface area contributed by atoms with E-state index in [9.17, 15) is 14.4 Å². The van der Waals surface area contributed by atoms with Gasteiger partial charge in [0.15, 0.2) is 6.61 Å². The molecule has 128 valence electrons. The van der Waals surface area contributed by atoms with Crippen molar-refractivity contribution in [3.8, 4) is 5.75 Å². The predicted octanol–water partition coefficient (Wildman–Crippen LogP) is 1.17. The van der Waals surface area contributed by atoms with Gasteiger partial charge >= 0.3 is 5.97 Å². The largest absolute Gasteiger partial charge is 0.484 e. The molecule has 2 amide bonds. The Bertz CT molecular complexity index is 654. The molecule has 1 saturated carbocycles. The minimum absolute atomic E-state index is 0.0873. The van der Waals surface area contributed by atoms with Crippen LogP contribution in [0, 0.1) is 5.92 Å². The van der Waals surface area contributed by atoms with E-state index in [0.29, 0.717) is 31.6 Å². The maximum absolute atomic E-state index is 11.8. The van der Waals surface area contributed by atoms with Crippen LogP contribution in [0.1, 0.15) is 25.7 Å². The van der Waals surface area contributed by atoms with Gasteiger partial charge in [0.1, 0.15) is 5.75 Å². The molecule has 0 aromatic heterocycles. The first-order valence-electron chi connectivity index (χ1n) is 8.08. The molecule has 0 spiro atoms. The number of nitrogens with zero attached hydrogens (tertiary/aromatic N) is 1. The van der Waals surface area contributed by atoms with E-state index >= 15 is 0 Å². The zero-order valence-electron chi connectivity index (χ0n) is 13.2. The molecule has 2 aliphatic rings. The van der Waals surface area contributed by atoms with Crippen LogP contribution in [0.3, 0.4) is 0 Å². The summed E-state index contributed by atoms with van der Waals surface area (Å²) in [6.45, 7) is 0.570. The monoisotopic (exact) mass is 332 g/mol. The van der Waals surface area contributed by atoms with Crippen molar-refractivity contribution in [1.82, 2.24) is 5.32 Å². The van der Waals surface area contributed by atoms with Gasteiger partial charge in [-0.25, -0.2) is 0 Å². The molecule has 1 aliphatic carbocycles. The maximum Gasteiger partial charge on any atom is 0.306 e. The molecule has 7 heteroatoms. The lowest BCUT2D eigenvalue weighted by Gasteiger charge is -2.32. The third-order valence-corrected chi connectivity index (χ3v) is 4.43. The Morgan fingerprint density at radius 3 is 2.79 bits per heavy atom. The molecular formula is C17H20N2O5. The van der Waals surface area contributed by atoms with Crippen molar-refractivity contribution in [3.05, 3.63) is 24.3 Å². The van der Waals surface area contributed by atoms with Gasteiger partial charge in [0.25, 0.3) is 5.91 Å². The van der Waals surface area contributed by atoms with E-state index in [1.165, 1.54) is 0 Å². The van der Waals surface area contributed by atoms with E-state index in [4.69, 9.17) is 9.84 Å². The first-order chi connectivity index (χ1) is 11.5. The van der Waals surface area contributed by atoms with E-state index in [1.54, 1.807) is 23.1 Å². The maximum atomic E-state index is 11.8. The fourth-order valence-electron chi connectivity index (χ4n) is 3.02. The lowest BCUT2D eigenvalue weighted by molar-refractivity contribution is -0.146. The van der Waals surface area contributed by atoms with Crippen LogP contribution in [0.15, 0.2) is 24.3 Å². The average Bonchev–Trinajstić information content (AvgIpc) is 2.94. The molecule has 1 aromatic carbocycles. The molecule has 2 fully saturated rings. The molecule has 0 bridgehead atoms. The minimum Gasteiger partial charge on any atom is -0.484 e. The number of aliphatic carboxylic acids is 1. The number of anilines is 1. The fourth-order valence-corrected chi connectivity index (χ4v) is 3.02. The van der Waals surface area contributed by atoms with E-state index in [2.05, 4.69) is 5.32 Å². The second-order valence-electron chi connectivity index (χ2n) is 6.21. The molecule has 2 N–H and O–H groups in total. The van der Waals surface area contributed by atoms with Crippen LogP contribution in [0.25, 0.3) is 0 Å². The summed E-state index contributed by atoms with van der Waals surface area (Å²) in [6.07, 6.45) is 2.35. The Hall–Kier alpha value is -2.57. The van der Waals surface area contributed by atoms with Crippen LogP contribution in [0.5, 0.6) is 5.75 Å². The standard InChI is InChI=1S/C17H20N2O5/c20-15(18-12-7-11(8-12)17(22)23)10-24-14-4-1-3-13(9-14)19-6-2-5-16(19)21/h1,3-4,9,11-12H,2,5-8,10H2,(H,18,20)(H,22,23). The van der Waals surface area contributed by atoms with Crippen LogP contribution < -0.4 is 15.0 Å². The number of carbonyl (C=O) groups is 3. The number of carboxylic acid groups (broad SMARTS) is 1. The Morgan fingerprint density at radius 1 is 1.33 bits per heavy atom. The first kappa shape index (κ1) is 16.3. The van der Waals surface area contributed by atoms with Gasteiger partial charge in [0.2, 0.25) is 5.91 Å². The van der Waals surface area contributed by atoms with Gasteiger partial charge in [-0.1, -0.05) is 6.07 Å². The van der Waals surface area contributed by atoms with Crippen LogP contribution in [-0.4, -0.2) is 42.1 Å². The van der Waals surface area contributed by atoms with Crippen molar-refractivity contribution in [1.29, 1.82) is 0 Å². The molecule has 1 saturated heterocycles. The quantitative estimate of drug-likeness (QED) is 0.815. The van der Waals surface area contributed by atoms with Gasteiger partial charge in [-0.3, -0.25) is 14.4 Å². The van der Waals surface area contributed by atoms with Gasteiger partial charge in [-0.05, 0) is 31.4 Å². The second kappa shape index (κ2) is 6.90. The van der Waals surface area contributed by atoms with Gasteiger partial charge in [-0.2, -0.15) is 0 Å². The summed E-state index contributed by atoms with van der Waals surface area (Å²) in [5.41, 5.74) is 0.777. The zero-order chi connectivity index (χ0) is 17.1.